The summed E-state index contributed by atoms with van der Waals surface area (Å²) in [7, 11) is 1.94. The highest BCUT2D eigenvalue weighted by molar-refractivity contribution is 7.18. The second-order valence-corrected chi connectivity index (χ2v) is 9.07. The molecule has 0 bridgehead atoms. The van der Waals surface area contributed by atoms with Crippen molar-refractivity contribution in [3.63, 3.8) is 0 Å². The Morgan fingerprint density at radius 3 is 2.35 bits per heavy atom. The molecule has 1 saturated heterocycles. The van der Waals surface area contributed by atoms with Crippen LogP contribution in [0.5, 0.6) is 0 Å². The van der Waals surface area contributed by atoms with Crippen molar-refractivity contribution < 1.29 is 14.7 Å². The van der Waals surface area contributed by atoms with Crippen LogP contribution < -0.4 is 4.90 Å². The number of thiophene rings is 1. The van der Waals surface area contributed by atoms with Gasteiger partial charge in [0, 0.05) is 31.1 Å². The first-order valence-corrected chi connectivity index (χ1v) is 11.3. The van der Waals surface area contributed by atoms with Gasteiger partial charge in [0.25, 0.3) is 5.91 Å². The molecule has 0 spiro atoms. The van der Waals surface area contributed by atoms with Crippen LogP contribution in [0.2, 0.25) is 5.02 Å². The lowest BCUT2D eigenvalue weighted by Gasteiger charge is -2.37. The number of benzene rings is 2. The number of hydrogen-bond acceptors (Lipinski definition) is 4. The number of likely N-dealkylation sites (tertiary alicyclic amines) is 1. The molecule has 160 valence electrons. The van der Waals surface area contributed by atoms with Gasteiger partial charge in [-0.3, -0.25) is 4.79 Å². The fourth-order valence-corrected chi connectivity index (χ4v) is 5.26. The first-order valence-electron chi connectivity index (χ1n) is 10.1. The number of rotatable bonds is 5. The molecule has 0 saturated carbocycles. The van der Waals surface area contributed by atoms with Crippen LogP contribution in [0.25, 0.3) is 10.4 Å². The number of piperidine rings is 1. The summed E-state index contributed by atoms with van der Waals surface area (Å²) in [5.74, 6) is -0.972. The average Bonchev–Trinajstić information content (AvgIpc) is 3.25. The van der Waals surface area contributed by atoms with E-state index in [0.29, 0.717) is 28.6 Å². The van der Waals surface area contributed by atoms with Gasteiger partial charge >= 0.3 is 5.97 Å². The Balaban J connectivity index is 1.49. The number of carboxylic acids is 1. The number of nitrogens with zero attached hydrogens (tertiary/aromatic N) is 2. The third-order valence-corrected chi connectivity index (χ3v) is 7.24. The Morgan fingerprint density at radius 1 is 1.06 bits per heavy atom. The molecule has 5 nitrogen and oxygen atoms in total. The predicted octanol–water partition coefficient (Wildman–Crippen LogP) is 5.51. The minimum Gasteiger partial charge on any atom is -0.477 e. The van der Waals surface area contributed by atoms with E-state index in [0.717, 1.165) is 29.0 Å². The molecule has 1 aliphatic rings. The van der Waals surface area contributed by atoms with E-state index in [4.69, 9.17) is 11.6 Å². The topological polar surface area (TPSA) is 60.9 Å². The molecule has 1 amide bonds. The van der Waals surface area contributed by atoms with Gasteiger partial charge in [-0.05, 0) is 36.6 Å². The van der Waals surface area contributed by atoms with Gasteiger partial charge in [0.1, 0.15) is 4.88 Å². The van der Waals surface area contributed by atoms with Crippen LogP contribution in [0.3, 0.4) is 0 Å². The lowest BCUT2D eigenvalue weighted by atomic mass is 10.0. The second-order valence-electron chi connectivity index (χ2n) is 7.61. The normalized spacial score (nSPS) is 14.5. The van der Waals surface area contributed by atoms with E-state index < -0.39 is 5.97 Å². The van der Waals surface area contributed by atoms with Gasteiger partial charge in [-0.1, -0.05) is 54.1 Å². The molecule has 2 aromatic carbocycles. The lowest BCUT2D eigenvalue weighted by molar-refractivity contribution is 0.0701. The number of carbonyl (C=O) groups excluding carboxylic acids is 1. The van der Waals surface area contributed by atoms with E-state index in [9.17, 15) is 14.7 Å². The summed E-state index contributed by atoms with van der Waals surface area (Å²) in [6.45, 7) is 1.22. The maximum absolute atomic E-state index is 12.8. The van der Waals surface area contributed by atoms with E-state index in [1.54, 1.807) is 12.1 Å². The number of carbonyl (C=O) groups is 2. The summed E-state index contributed by atoms with van der Waals surface area (Å²) in [6.07, 6.45) is 1.53. The Labute approximate surface area is 190 Å². The molecule has 0 atom stereocenters. The molecule has 31 heavy (non-hydrogen) atoms. The zero-order chi connectivity index (χ0) is 22.0. The molecule has 0 aliphatic carbocycles. The predicted molar refractivity (Wildman–Crippen MR) is 125 cm³/mol. The monoisotopic (exact) mass is 454 g/mol. The van der Waals surface area contributed by atoms with Gasteiger partial charge < -0.3 is 14.9 Å². The van der Waals surface area contributed by atoms with Crippen LogP contribution in [-0.4, -0.2) is 48.1 Å². The number of carboxylic acid groups (broad SMARTS) is 1. The van der Waals surface area contributed by atoms with Crippen molar-refractivity contribution in [1.82, 2.24) is 4.90 Å². The van der Waals surface area contributed by atoms with Crippen molar-refractivity contribution in [2.45, 2.75) is 18.9 Å². The van der Waals surface area contributed by atoms with E-state index in [2.05, 4.69) is 4.90 Å². The zero-order valence-electron chi connectivity index (χ0n) is 17.1. The summed E-state index contributed by atoms with van der Waals surface area (Å²) in [5, 5.41) is 10.2. The number of amides is 1. The van der Waals surface area contributed by atoms with Gasteiger partial charge in [0.05, 0.1) is 16.3 Å². The Hall–Kier alpha value is -2.83. The van der Waals surface area contributed by atoms with Crippen molar-refractivity contribution >= 4 is 40.5 Å². The largest absolute Gasteiger partial charge is 0.477 e. The quantitative estimate of drug-likeness (QED) is 0.552. The SMILES string of the molecule is CN(c1cc(-c2ccccc2)sc1C(=O)O)C1CCN(C(=O)c2ccccc2Cl)CC1. The molecular formula is C24H23ClN2O3S. The fourth-order valence-electron chi connectivity index (χ4n) is 4.00. The highest BCUT2D eigenvalue weighted by Gasteiger charge is 2.29. The standard InChI is InChI=1S/C24H23ClN2O3S/c1-26(20-15-21(31-22(20)24(29)30)16-7-3-2-4-8-16)17-11-13-27(14-12-17)23(28)18-9-5-6-10-19(18)25/h2-10,15,17H,11-14H2,1H3,(H,29,30). The number of aromatic carboxylic acids is 1. The summed E-state index contributed by atoms with van der Waals surface area (Å²) in [5.41, 5.74) is 2.26. The Kier molecular flexibility index (Phi) is 6.30. The summed E-state index contributed by atoms with van der Waals surface area (Å²) in [6, 6.07) is 19.0. The molecule has 4 rings (SSSR count). The number of anilines is 1. The summed E-state index contributed by atoms with van der Waals surface area (Å²) >= 11 is 7.48. The van der Waals surface area contributed by atoms with Crippen molar-refractivity contribution in [2.24, 2.45) is 0 Å². The number of hydrogen-bond donors (Lipinski definition) is 1. The van der Waals surface area contributed by atoms with Gasteiger partial charge in [-0.25, -0.2) is 4.79 Å². The molecular weight excluding hydrogens is 432 g/mol. The third-order valence-electron chi connectivity index (χ3n) is 5.75. The van der Waals surface area contributed by atoms with E-state index in [-0.39, 0.29) is 11.9 Å². The van der Waals surface area contributed by atoms with Crippen LogP contribution in [0.1, 0.15) is 32.9 Å². The molecule has 3 aromatic rings. The third kappa shape index (κ3) is 4.45. The highest BCUT2D eigenvalue weighted by Crippen LogP contribution is 2.38. The van der Waals surface area contributed by atoms with Crippen molar-refractivity contribution in [2.75, 3.05) is 25.0 Å². The maximum atomic E-state index is 12.8. The minimum absolute atomic E-state index is 0.0557. The summed E-state index contributed by atoms with van der Waals surface area (Å²) < 4.78 is 0. The molecule has 7 heteroatoms. The van der Waals surface area contributed by atoms with Crippen LogP contribution in [-0.2, 0) is 0 Å². The summed E-state index contributed by atoms with van der Waals surface area (Å²) in [4.78, 5) is 29.9. The Bertz CT molecular complexity index is 1090. The van der Waals surface area contributed by atoms with Crippen LogP contribution in [0.4, 0.5) is 5.69 Å². The minimum atomic E-state index is -0.916. The molecule has 1 fully saturated rings. The molecule has 1 aliphatic heterocycles. The lowest BCUT2D eigenvalue weighted by Crippen LogP contribution is -2.45. The molecule has 1 N–H and O–H groups in total. The first kappa shape index (κ1) is 21.4. The van der Waals surface area contributed by atoms with Gasteiger partial charge in [0.15, 0.2) is 0 Å². The van der Waals surface area contributed by atoms with Crippen LogP contribution in [0, 0.1) is 0 Å². The molecule has 0 radical (unpaired) electrons. The average molecular weight is 455 g/mol. The first-order chi connectivity index (χ1) is 15.0. The van der Waals surface area contributed by atoms with Crippen molar-refractivity contribution in [1.29, 1.82) is 0 Å². The van der Waals surface area contributed by atoms with Gasteiger partial charge in [-0.2, -0.15) is 0 Å². The van der Waals surface area contributed by atoms with Gasteiger partial charge in [-0.15, -0.1) is 11.3 Å². The van der Waals surface area contributed by atoms with Gasteiger partial charge in [0.2, 0.25) is 0 Å². The van der Waals surface area contributed by atoms with Crippen LogP contribution >= 0.6 is 22.9 Å². The van der Waals surface area contributed by atoms with Crippen molar-refractivity contribution in [3.8, 4) is 10.4 Å². The number of halogens is 1. The smallest absolute Gasteiger partial charge is 0.348 e. The maximum Gasteiger partial charge on any atom is 0.348 e. The molecule has 1 aromatic heterocycles. The molecule has 0 unspecified atom stereocenters. The van der Waals surface area contributed by atoms with E-state index in [1.165, 1.54) is 11.3 Å². The fraction of sp³-hybridized carbons (Fsp3) is 0.250. The van der Waals surface area contributed by atoms with Crippen molar-refractivity contribution in [3.05, 3.63) is 76.1 Å². The van der Waals surface area contributed by atoms with E-state index >= 15 is 0 Å². The van der Waals surface area contributed by atoms with Crippen LogP contribution in [0.15, 0.2) is 60.7 Å². The zero-order valence-corrected chi connectivity index (χ0v) is 18.7. The Morgan fingerprint density at radius 2 is 1.71 bits per heavy atom. The second kappa shape index (κ2) is 9.12. The molecule has 2 heterocycles. The van der Waals surface area contributed by atoms with E-state index in [1.807, 2.05) is 60.5 Å². The highest BCUT2D eigenvalue weighted by atomic mass is 35.5.